The molecule has 0 aromatic heterocycles. The topological polar surface area (TPSA) is 77.9 Å². The van der Waals surface area contributed by atoms with E-state index < -0.39 is 24.1 Å². The van der Waals surface area contributed by atoms with Crippen molar-refractivity contribution in [1.29, 1.82) is 0 Å². The molecule has 0 radical (unpaired) electrons. The minimum atomic E-state index is -2.38. The monoisotopic (exact) mass is 308 g/mol. The minimum Gasteiger partial charge on any atom is -0.479 e. The number of amides is 2. The minimum absolute atomic E-state index is 0.0556. The first-order valence-electron chi connectivity index (χ1n) is 6.78. The number of nitrogens with zero attached hydrogens (tertiary/aromatic N) is 2. The van der Waals surface area contributed by atoms with Crippen LogP contribution < -0.4 is 0 Å². The second-order valence-electron chi connectivity index (χ2n) is 5.52. The lowest BCUT2D eigenvalue weighted by molar-refractivity contribution is -0.149. The highest BCUT2D eigenvalue weighted by Gasteiger charge is 2.46. The van der Waals surface area contributed by atoms with Crippen molar-refractivity contribution >= 4 is 17.8 Å². The van der Waals surface area contributed by atoms with E-state index in [-0.39, 0.29) is 18.9 Å². The van der Waals surface area contributed by atoms with Gasteiger partial charge < -0.3 is 14.9 Å². The molecule has 1 heterocycles. The van der Waals surface area contributed by atoms with E-state index in [2.05, 4.69) is 0 Å². The van der Waals surface area contributed by atoms with Crippen LogP contribution in [0, 0.1) is 0 Å². The predicted octanol–water partition coefficient (Wildman–Crippen LogP) is 1.03. The summed E-state index contributed by atoms with van der Waals surface area (Å²) in [5.41, 5.74) is -1.64. The molecule has 1 aliphatic rings. The van der Waals surface area contributed by atoms with Crippen LogP contribution >= 0.6 is 0 Å². The molecule has 0 spiro atoms. The molecule has 0 saturated carbocycles. The van der Waals surface area contributed by atoms with E-state index in [4.69, 9.17) is 5.11 Å². The number of halogens is 1. The van der Waals surface area contributed by atoms with Crippen LogP contribution in [-0.2, 0) is 4.79 Å². The Morgan fingerprint density at radius 1 is 1.18 bits per heavy atom. The molecule has 7 heteroatoms. The Morgan fingerprint density at radius 2 is 1.73 bits per heavy atom. The number of likely N-dealkylation sites (tertiary alicyclic amines) is 1. The third-order valence-corrected chi connectivity index (χ3v) is 3.67. The zero-order chi connectivity index (χ0) is 16.5. The van der Waals surface area contributed by atoms with Gasteiger partial charge in [-0.15, -0.1) is 0 Å². The number of carboxylic acid groups (broad SMARTS) is 1. The van der Waals surface area contributed by atoms with Crippen molar-refractivity contribution in [3.8, 4) is 0 Å². The summed E-state index contributed by atoms with van der Waals surface area (Å²) in [6.07, 6.45) is -0.217. The van der Waals surface area contributed by atoms with E-state index in [0.717, 1.165) is 0 Å². The molecule has 22 heavy (non-hydrogen) atoms. The highest BCUT2D eigenvalue weighted by Crippen LogP contribution is 2.27. The van der Waals surface area contributed by atoms with Gasteiger partial charge in [-0.05, 0) is 24.3 Å². The van der Waals surface area contributed by atoms with Gasteiger partial charge in [0, 0.05) is 38.2 Å². The van der Waals surface area contributed by atoms with E-state index in [0.29, 0.717) is 11.1 Å². The van der Waals surface area contributed by atoms with E-state index in [9.17, 15) is 18.8 Å². The van der Waals surface area contributed by atoms with Crippen LogP contribution in [0.25, 0.3) is 0 Å². The second-order valence-corrected chi connectivity index (χ2v) is 5.52. The third kappa shape index (κ3) is 2.93. The Labute approximate surface area is 127 Å². The Morgan fingerprint density at radius 3 is 2.18 bits per heavy atom. The Bertz CT molecular complexity index is 614. The molecule has 1 fully saturated rings. The van der Waals surface area contributed by atoms with Gasteiger partial charge in [-0.2, -0.15) is 0 Å². The average Bonchev–Trinajstić information content (AvgIpc) is 2.90. The van der Waals surface area contributed by atoms with Gasteiger partial charge >= 0.3 is 5.97 Å². The van der Waals surface area contributed by atoms with Crippen LogP contribution in [0.5, 0.6) is 0 Å². The van der Waals surface area contributed by atoms with Crippen LogP contribution in [0.1, 0.15) is 27.1 Å². The summed E-state index contributed by atoms with van der Waals surface area (Å²) in [5.74, 6) is -2.17. The molecule has 0 aliphatic carbocycles. The largest absolute Gasteiger partial charge is 0.479 e. The summed E-state index contributed by atoms with van der Waals surface area (Å²) in [4.78, 5) is 37.5. The van der Waals surface area contributed by atoms with Crippen molar-refractivity contribution in [3.63, 3.8) is 0 Å². The zero-order valence-corrected chi connectivity index (χ0v) is 12.4. The Balaban J connectivity index is 2.11. The summed E-state index contributed by atoms with van der Waals surface area (Å²) in [6, 6.07) is 6.01. The number of carboxylic acids is 1. The van der Waals surface area contributed by atoms with Crippen molar-refractivity contribution in [3.05, 3.63) is 35.4 Å². The number of alkyl halides is 1. The molecule has 1 saturated heterocycles. The number of aliphatic carboxylic acids is 1. The Kier molecular flexibility index (Phi) is 4.16. The SMILES string of the molecule is CN(C)C(=O)c1ccc(C(=O)N2CCC(F)(C(=O)O)C2)cc1. The molecular formula is C15H17FN2O4. The van der Waals surface area contributed by atoms with Crippen LogP contribution in [-0.4, -0.2) is 65.5 Å². The fourth-order valence-corrected chi connectivity index (χ4v) is 2.32. The molecule has 1 aromatic rings. The smallest absolute Gasteiger partial charge is 0.343 e. The maximum atomic E-state index is 14.0. The van der Waals surface area contributed by atoms with Gasteiger partial charge in [0.25, 0.3) is 11.8 Å². The molecule has 2 amide bonds. The first-order valence-corrected chi connectivity index (χ1v) is 6.78. The molecule has 1 N–H and O–H groups in total. The summed E-state index contributed by atoms with van der Waals surface area (Å²) in [5, 5.41) is 8.84. The van der Waals surface area contributed by atoms with Crippen molar-refractivity contribution < 1.29 is 23.9 Å². The van der Waals surface area contributed by atoms with E-state index in [1.54, 1.807) is 14.1 Å². The van der Waals surface area contributed by atoms with Crippen LogP contribution in [0.2, 0.25) is 0 Å². The van der Waals surface area contributed by atoms with Gasteiger partial charge in [-0.1, -0.05) is 0 Å². The number of rotatable bonds is 3. The molecule has 1 atom stereocenters. The number of carbonyl (C=O) groups is 3. The molecule has 1 unspecified atom stereocenters. The van der Waals surface area contributed by atoms with Gasteiger partial charge in [0.05, 0.1) is 6.54 Å². The number of carbonyl (C=O) groups excluding carboxylic acids is 2. The molecular weight excluding hydrogens is 291 g/mol. The van der Waals surface area contributed by atoms with Gasteiger partial charge in [0.15, 0.2) is 0 Å². The maximum absolute atomic E-state index is 14.0. The first-order chi connectivity index (χ1) is 10.2. The lowest BCUT2D eigenvalue weighted by Gasteiger charge is -2.18. The number of benzene rings is 1. The van der Waals surface area contributed by atoms with Crippen molar-refractivity contribution in [2.45, 2.75) is 12.1 Å². The Hall–Kier alpha value is -2.44. The van der Waals surface area contributed by atoms with Gasteiger partial charge in [0.2, 0.25) is 5.67 Å². The van der Waals surface area contributed by atoms with Gasteiger partial charge in [-0.25, -0.2) is 9.18 Å². The van der Waals surface area contributed by atoms with Crippen molar-refractivity contribution in [2.24, 2.45) is 0 Å². The van der Waals surface area contributed by atoms with Crippen LogP contribution in [0.15, 0.2) is 24.3 Å². The highest BCUT2D eigenvalue weighted by atomic mass is 19.1. The summed E-state index contributed by atoms with van der Waals surface area (Å²) >= 11 is 0. The predicted molar refractivity (Wildman–Crippen MR) is 76.5 cm³/mol. The van der Waals surface area contributed by atoms with E-state index in [1.807, 2.05) is 0 Å². The normalized spacial score (nSPS) is 20.8. The first kappa shape index (κ1) is 15.9. The van der Waals surface area contributed by atoms with Crippen molar-refractivity contribution in [2.75, 3.05) is 27.2 Å². The van der Waals surface area contributed by atoms with Gasteiger partial charge in [0.1, 0.15) is 0 Å². The molecule has 1 aromatic carbocycles. The molecule has 1 aliphatic heterocycles. The van der Waals surface area contributed by atoms with E-state index in [1.165, 1.54) is 34.1 Å². The van der Waals surface area contributed by atoms with Gasteiger partial charge in [-0.3, -0.25) is 9.59 Å². The molecule has 2 rings (SSSR count). The summed E-state index contributed by atoms with van der Waals surface area (Å²) in [7, 11) is 3.25. The lowest BCUT2D eigenvalue weighted by Crippen LogP contribution is -2.38. The maximum Gasteiger partial charge on any atom is 0.343 e. The van der Waals surface area contributed by atoms with Crippen LogP contribution in [0.4, 0.5) is 4.39 Å². The summed E-state index contributed by atoms with van der Waals surface area (Å²) in [6.45, 7) is -0.403. The quantitative estimate of drug-likeness (QED) is 0.904. The number of hydrogen-bond acceptors (Lipinski definition) is 3. The summed E-state index contributed by atoms with van der Waals surface area (Å²) < 4.78 is 14.0. The van der Waals surface area contributed by atoms with Crippen molar-refractivity contribution in [1.82, 2.24) is 9.80 Å². The standard InChI is InChI=1S/C15H17FN2O4/c1-17(2)12(19)10-3-5-11(6-4-10)13(20)18-8-7-15(16,9-18)14(21)22/h3-6H,7-9H2,1-2H3,(H,21,22). The lowest BCUT2D eigenvalue weighted by atomic mass is 10.1. The second kappa shape index (κ2) is 5.75. The molecule has 6 nitrogen and oxygen atoms in total. The third-order valence-electron chi connectivity index (χ3n) is 3.67. The fourth-order valence-electron chi connectivity index (χ4n) is 2.32. The average molecular weight is 308 g/mol. The molecule has 0 bridgehead atoms. The van der Waals surface area contributed by atoms with E-state index >= 15 is 0 Å². The van der Waals surface area contributed by atoms with Crippen LogP contribution in [0.3, 0.4) is 0 Å². The number of hydrogen-bond donors (Lipinski definition) is 1. The molecule has 118 valence electrons. The zero-order valence-electron chi connectivity index (χ0n) is 12.4. The highest BCUT2D eigenvalue weighted by molar-refractivity contribution is 5.98. The fraction of sp³-hybridized carbons (Fsp3) is 0.400.